The SMILES string of the molecule is CC[C@H](C)C[C@H](CC)NC[C@H](C)O. The van der Waals surface area contributed by atoms with E-state index in [0.717, 1.165) is 18.9 Å². The summed E-state index contributed by atoms with van der Waals surface area (Å²) in [7, 11) is 0. The number of nitrogens with one attached hydrogen (secondary N) is 1. The lowest BCUT2D eigenvalue weighted by molar-refractivity contribution is 0.182. The molecule has 0 aromatic carbocycles. The maximum Gasteiger partial charge on any atom is 0.0636 e. The molecule has 80 valence electrons. The standard InChI is InChI=1S/C11H25NO/c1-5-9(3)7-11(6-2)12-8-10(4)13/h9-13H,5-8H2,1-4H3/t9-,10-,11-/m0/s1. The fourth-order valence-electron chi connectivity index (χ4n) is 1.38. The normalized spacial score (nSPS) is 18.2. The van der Waals surface area contributed by atoms with Gasteiger partial charge in [0, 0.05) is 12.6 Å². The van der Waals surface area contributed by atoms with Crippen LogP contribution < -0.4 is 5.32 Å². The predicted molar refractivity (Wildman–Crippen MR) is 57.8 cm³/mol. The zero-order chi connectivity index (χ0) is 10.3. The molecule has 0 aliphatic rings. The fraction of sp³-hybridized carbons (Fsp3) is 1.00. The van der Waals surface area contributed by atoms with E-state index in [1.54, 1.807) is 0 Å². The molecule has 13 heavy (non-hydrogen) atoms. The van der Waals surface area contributed by atoms with Crippen molar-refractivity contribution in [3.8, 4) is 0 Å². The van der Waals surface area contributed by atoms with Gasteiger partial charge in [0.05, 0.1) is 6.10 Å². The molecule has 2 nitrogen and oxygen atoms in total. The highest BCUT2D eigenvalue weighted by Crippen LogP contribution is 2.11. The molecule has 2 heteroatoms. The molecule has 0 unspecified atom stereocenters. The van der Waals surface area contributed by atoms with Crippen LogP contribution in [0.3, 0.4) is 0 Å². The Kier molecular flexibility index (Phi) is 7.29. The van der Waals surface area contributed by atoms with E-state index in [2.05, 4.69) is 26.1 Å². The molecule has 2 N–H and O–H groups in total. The van der Waals surface area contributed by atoms with E-state index in [9.17, 15) is 0 Å². The Morgan fingerprint density at radius 2 is 1.77 bits per heavy atom. The van der Waals surface area contributed by atoms with Gasteiger partial charge in [0.1, 0.15) is 0 Å². The second-order valence-corrected chi connectivity index (χ2v) is 4.11. The molecule has 0 spiro atoms. The van der Waals surface area contributed by atoms with Crippen molar-refractivity contribution in [3.05, 3.63) is 0 Å². The molecule has 0 aliphatic heterocycles. The van der Waals surface area contributed by atoms with Crippen LogP contribution in [-0.4, -0.2) is 23.8 Å². The molecule has 0 saturated carbocycles. The van der Waals surface area contributed by atoms with Crippen LogP contribution in [0.2, 0.25) is 0 Å². The van der Waals surface area contributed by atoms with Crippen molar-refractivity contribution < 1.29 is 5.11 Å². The first-order valence-corrected chi connectivity index (χ1v) is 5.51. The average molecular weight is 187 g/mol. The first kappa shape index (κ1) is 12.9. The van der Waals surface area contributed by atoms with Crippen LogP contribution in [0.25, 0.3) is 0 Å². The van der Waals surface area contributed by atoms with Crippen LogP contribution in [0.5, 0.6) is 0 Å². The van der Waals surface area contributed by atoms with Gasteiger partial charge in [0.2, 0.25) is 0 Å². The molecule has 0 rings (SSSR count). The number of rotatable bonds is 7. The first-order valence-electron chi connectivity index (χ1n) is 5.51. The third-order valence-corrected chi connectivity index (χ3v) is 2.58. The Labute approximate surface area is 82.7 Å². The average Bonchev–Trinajstić information content (AvgIpc) is 2.11. The lowest BCUT2D eigenvalue weighted by Crippen LogP contribution is -2.35. The smallest absolute Gasteiger partial charge is 0.0636 e. The van der Waals surface area contributed by atoms with E-state index in [-0.39, 0.29) is 6.10 Å². The van der Waals surface area contributed by atoms with Gasteiger partial charge in [-0.15, -0.1) is 0 Å². The minimum Gasteiger partial charge on any atom is -0.392 e. The summed E-state index contributed by atoms with van der Waals surface area (Å²) in [5, 5.41) is 12.5. The van der Waals surface area contributed by atoms with Gasteiger partial charge in [0.25, 0.3) is 0 Å². The molecule has 0 bridgehead atoms. The van der Waals surface area contributed by atoms with E-state index in [4.69, 9.17) is 5.11 Å². The van der Waals surface area contributed by atoms with Crippen LogP contribution in [0, 0.1) is 5.92 Å². The van der Waals surface area contributed by atoms with Crippen molar-refractivity contribution >= 4 is 0 Å². The Hall–Kier alpha value is -0.0800. The summed E-state index contributed by atoms with van der Waals surface area (Å²) in [5.74, 6) is 0.784. The maximum atomic E-state index is 9.13. The van der Waals surface area contributed by atoms with Gasteiger partial charge in [-0.3, -0.25) is 0 Å². The van der Waals surface area contributed by atoms with Crippen LogP contribution >= 0.6 is 0 Å². The Bertz CT molecular complexity index is 115. The summed E-state index contributed by atoms with van der Waals surface area (Å²) in [6.07, 6.45) is 3.38. The van der Waals surface area contributed by atoms with Gasteiger partial charge in [-0.2, -0.15) is 0 Å². The minimum atomic E-state index is -0.231. The highest BCUT2D eigenvalue weighted by molar-refractivity contribution is 4.69. The van der Waals surface area contributed by atoms with Gasteiger partial charge < -0.3 is 10.4 Å². The van der Waals surface area contributed by atoms with E-state index in [1.807, 2.05) is 6.92 Å². The van der Waals surface area contributed by atoms with Crippen molar-refractivity contribution in [1.29, 1.82) is 0 Å². The highest BCUT2D eigenvalue weighted by atomic mass is 16.3. The monoisotopic (exact) mass is 187 g/mol. The van der Waals surface area contributed by atoms with Crippen molar-refractivity contribution in [2.24, 2.45) is 5.92 Å². The Morgan fingerprint density at radius 1 is 1.15 bits per heavy atom. The largest absolute Gasteiger partial charge is 0.392 e. The number of aliphatic hydroxyl groups excluding tert-OH is 1. The first-order chi connectivity index (χ1) is 6.10. The van der Waals surface area contributed by atoms with Crippen molar-refractivity contribution in [3.63, 3.8) is 0 Å². The molecular weight excluding hydrogens is 162 g/mol. The van der Waals surface area contributed by atoms with Crippen molar-refractivity contribution in [2.75, 3.05) is 6.54 Å². The molecule has 0 saturated heterocycles. The molecule has 0 aromatic heterocycles. The Morgan fingerprint density at radius 3 is 2.15 bits per heavy atom. The molecular formula is C11H25NO. The lowest BCUT2D eigenvalue weighted by Gasteiger charge is -2.21. The molecule has 0 amide bonds. The predicted octanol–water partition coefficient (Wildman–Crippen LogP) is 2.17. The molecule has 0 aromatic rings. The van der Waals surface area contributed by atoms with Crippen LogP contribution in [0.15, 0.2) is 0 Å². The molecule has 0 aliphatic carbocycles. The molecule has 0 fully saturated rings. The number of hydrogen-bond donors (Lipinski definition) is 2. The third kappa shape index (κ3) is 7.03. The number of aliphatic hydroxyl groups is 1. The summed E-state index contributed by atoms with van der Waals surface area (Å²) >= 11 is 0. The fourth-order valence-corrected chi connectivity index (χ4v) is 1.38. The second-order valence-electron chi connectivity index (χ2n) is 4.11. The third-order valence-electron chi connectivity index (χ3n) is 2.58. The summed E-state index contributed by atoms with van der Waals surface area (Å²) < 4.78 is 0. The second kappa shape index (κ2) is 7.34. The summed E-state index contributed by atoms with van der Waals surface area (Å²) in [6, 6.07) is 0.574. The Balaban J connectivity index is 3.62. The van der Waals surface area contributed by atoms with E-state index < -0.39 is 0 Å². The van der Waals surface area contributed by atoms with Gasteiger partial charge in [-0.05, 0) is 25.7 Å². The van der Waals surface area contributed by atoms with E-state index in [1.165, 1.54) is 12.8 Å². The van der Waals surface area contributed by atoms with Crippen LogP contribution in [-0.2, 0) is 0 Å². The van der Waals surface area contributed by atoms with Crippen molar-refractivity contribution in [2.45, 2.75) is 59.1 Å². The van der Waals surface area contributed by atoms with Crippen LogP contribution in [0.4, 0.5) is 0 Å². The summed E-state index contributed by atoms with van der Waals surface area (Å²) in [6.45, 7) is 9.25. The molecule has 0 heterocycles. The van der Waals surface area contributed by atoms with Gasteiger partial charge in [-0.1, -0.05) is 27.2 Å². The quantitative estimate of drug-likeness (QED) is 0.640. The summed E-state index contributed by atoms with van der Waals surface area (Å²) in [5.41, 5.74) is 0. The molecule has 0 radical (unpaired) electrons. The topological polar surface area (TPSA) is 32.3 Å². The van der Waals surface area contributed by atoms with Gasteiger partial charge in [0.15, 0.2) is 0 Å². The lowest BCUT2D eigenvalue weighted by atomic mass is 9.98. The van der Waals surface area contributed by atoms with Gasteiger partial charge in [-0.25, -0.2) is 0 Å². The maximum absolute atomic E-state index is 9.13. The van der Waals surface area contributed by atoms with Gasteiger partial charge >= 0.3 is 0 Å². The highest BCUT2D eigenvalue weighted by Gasteiger charge is 2.10. The van der Waals surface area contributed by atoms with Crippen molar-refractivity contribution in [1.82, 2.24) is 5.32 Å². The summed E-state index contributed by atoms with van der Waals surface area (Å²) in [4.78, 5) is 0. The van der Waals surface area contributed by atoms with E-state index >= 15 is 0 Å². The zero-order valence-electron chi connectivity index (χ0n) is 9.51. The molecule has 3 atom stereocenters. The van der Waals surface area contributed by atoms with E-state index in [0.29, 0.717) is 6.04 Å². The van der Waals surface area contributed by atoms with Crippen LogP contribution in [0.1, 0.15) is 47.0 Å². The number of hydrogen-bond acceptors (Lipinski definition) is 2. The minimum absolute atomic E-state index is 0.231. The zero-order valence-corrected chi connectivity index (χ0v) is 9.51.